The molecule has 0 amide bonds. The summed E-state index contributed by atoms with van der Waals surface area (Å²) in [6, 6.07) is 8.27. The van der Waals surface area contributed by atoms with E-state index in [1.165, 1.54) is 21.7 Å². The smallest absolute Gasteiger partial charge is 0.306 e. The zero-order valence-corrected chi connectivity index (χ0v) is 30.3. The van der Waals surface area contributed by atoms with E-state index in [2.05, 4.69) is 15.6 Å². The second kappa shape index (κ2) is 15.4. The van der Waals surface area contributed by atoms with Crippen LogP contribution in [0, 0.1) is 29.4 Å². The lowest BCUT2D eigenvalue weighted by molar-refractivity contribution is -0.153. The first kappa shape index (κ1) is 37.0. The molecule has 2 aromatic carbocycles. The van der Waals surface area contributed by atoms with Crippen LogP contribution in [0.25, 0.3) is 10.2 Å². The molecule has 6 rings (SSSR count). The zero-order valence-electron chi connectivity index (χ0n) is 28.7. The Kier molecular flexibility index (Phi) is 11.4. The second-order valence-electron chi connectivity index (χ2n) is 14.4. The predicted molar refractivity (Wildman–Crippen MR) is 185 cm³/mol. The van der Waals surface area contributed by atoms with Crippen LogP contribution in [0.3, 0.4) is 0 Å². The summed E-state index contributed by atoms with van der Waals surface area (Å²) in [7, 11) is -4.12. The molecule has 3 fully saturated rings. The molecule has 0 unspecified atom stereocenters. The minimum atomic E-state index is -4.12. The Balaban J connectivity index is 1.21. The molecule has 2 saturated heterocycles. The van der Waals surface area contributed by atoms with Gasteiger partial charge in [-0.05, 0) is 61.1 Å². The van der Waals surface area contributed by atoms with E-state index in [0.29, 0.717) is 22.9 Å². The van der Waals surface area contributed by atoms with Gasteiger partial charge in [-0.25, -0.2) is 22.2 Å². The lowest BCUT2D eigenvalue weighted by Crippen LogP contribution is -2.45. The summed E-state index contributed by atoms with van der Waals surface area (Å²) in [4.78, 5) is 18.1. The Morgan fingerprint density at radius 2 is 1.80 bits per heavy atom. The highest BCUT2D eigenvalue weighted by atomic mass is 32.2. The summed E-state index contributed by atoms with van der Waals surface area (Å²) in [5.41, 5.74) is 0.904. The third-order valence-corrected chi connectivity index (χ3v) is 11.9. The maximum Gasteiger partial charge on any atom is 0.306 e. The molecule has 1 aromatic heterocycles. The van der Waals surface area contributed by atoms with Gasteiger partial charge in [-0.1, -0.05) is 39.0 Å². The molecule has 274 valence electrons. The molecular weight excluding hydrogens is 691 g/mol. The van der Waals surface area contributed by atoms with Gasteiger partial charge in [-0.3, -0.25) is 4.79 Å². The van der Waals surface area contributed by atoms with E-state index in [1.807, 2.05) is 27.7 Å². The SMILES string of the molecule is CC(C)CN(C[C@@H](O)[C@@H](CC(=O)O[C@H]1CO[C@H]2OC[C@H](NC(C)C)[C@H]21)Cc1cc(F)cc(F)c1)S(=O)(=O)c1ccc2nc(NC3CC3)sc2c1. The first-order chi connectivity index (χ1) is 23.7. The van der Waals surface area contributed by atoms with E-state index in [9.17, 15) is 27.1 Å². The maximum atomic E-state index is 14.2. The van der Waals surface area contributed by atoms with Crippen LogP contribution in [0.4, 0.5) is 13.9 Å². The molecule has 1 aliphatic carbocycles. The van der Waals surface area contributed by atoms with Crippen molar-refractivity contribution in [3.8, 4) is 0 Å². The van der Waals surface area contributed by atoms with Crippen LogP contribution in [0.1, 0.15) is 52.5 Å². The average molecular weight is 737 g/mol. The van der Waals surface area contributed by atoms with Crippen LogP contribution in [0.5, 0.6) is 0 Å². The Bertz CT molecular complexity index is 1750. The van der Waals surface area contributed by atoms with Crippen LogP contribution in [0.15, 0.2) is 41.3 Å². The highest BCUT2D eigenvalue weighted by Crippen LogP contribution is 2.35. The van der Waals surface area contributed by atoms with E-state index in [1.54, 1.807) is 12.1 Å². The van der Waals surface area contributed by atoms with E-state index < -0.39 is 52.0 Å². The van der Waals surface area contributed by atoms with Gasteiger partial charge in [0.2, 0.25) is 10.0 Å². The third-order valence-electron chi connectivity index (χ3n) is 9.16. The van der Waals surface area contributed by atoms with Gasteiger partial charge in [0.1, 0.15) is 17.7 Å². The second-order valence-corrected chi connectivity index (χ2v) is 17.3. The van der Waals surface area contributed by atoms with Gasteiger partial charge >= 0.3 is 5.97 Å². The van der Waals surface area contributed by atoms with Crippen LogP contribution in [-0.2, 0) is 35.4 Å². The highest BCUT2D eigenvalue weighted by Gasteiger charge is 2.50. The van der Waals surface area contributed by atoms with Crippen molar-refractivity contribution in [2.75, 3.05) is 31.6 Å². The van der Waals surface area contributed by atoms with Crippen molar-refractivity contribution < 1.29 is 41.3 Å². The molecule has 50 heavy (non-hydrogen) atoms. The normalized spacial score (nSPS) is 23.6. The highest BCUT2D eigenvalue weighted by molar-refractivity contribution is 7.89. The van der Waals surface area contributed by atoms with Gasteiger partial charge in [-0.15, -0.1) is 0 Å². The predicted octanol–water partition coefficient (Wildman–Crippen LogP) is 4.69. The number of anilines is 1. The minimum absolute atomic E-state index is 0.0572. The standard InChI is InChI=1S/C35H46F2N4O7S2/c1-19(2)15-41(50(44,45)26-7-8-27-31(14-26)49-35(40-27)39-25-5-6-25)16-29(42)22(9-21-10-23(36)13-24(37)11-21)12-32(43)48-30-18-47-34-33(30)28(17-46-34)38-20(3)4/h7-8,10-11,13-14,19-20,22,25,28-30,33-34,38,42H,5-6,9,12,15-18H2,1-4H3,(H,39,40)/t22-,28+,29-,30+,33+,34-/m1/s1. The number of fused-ring (bicyclic) bond motifs is 2. The molecule has 3 N–H and O–H groups in total. The Morgan fingerprint density at radius 1 is 1.08 bits per heavy atom. The minimum Gasteiger partial charge on any atom is -0.459 e. The summed E-state index contributed by atoms with van der Waals surface area (Å²) in [6.45, 7) is 8.04. The zero-order chi connectivity index (χ0) is 35.7. The van der Waals surface area contributed by atoms with Gasteiger partial charge < -0.3 is 30.0 Å². The van der Waals surface area contributed by atoms with Crippen LogP contribution in [0.2, 0.25) is 0 Å². The van der Waals surface area contributed by atoms with Crippen molar-refractivity contribution in [3.63, 3.8) is 0 Å². The molecule has 1 saturated carbocycles. The number of nitrogens with one attached hydrogen (secondary N) is 2. The van der Waals surface area contributed by atoms with Crippen molar-refractivity contribution >= 4 is 42.7 Å². The molecule has 0 radical (unpaired) electrons. The van der Waals surface area contributed by atoms with Gasteiger partial charge in [0.15, 0.2) is 11.4 Å². The number of halogens is 2. The molecule has 0 spiro atoms. The third kappa shape index (κ3) is 8.98. The largest absolute Gasteiger partial charge is 0.459 e. The first-order valence-corrected chi connectivity index (χ1v) is 19.5. The van der Waals surface area contributed by atoms with Crippen molar-refractivity contribution in [1.29, 1.82) is 0 Å². The number of hydrogen-bond donors (Lipinski definition) is 3. The lowest BCUT2D eigenvalue weighted by atomic mass is 9.90. The summed E-state index contributed by atoms with van der Waals surface area (Å²) >= 11 is 1.38. The number of benzene rings is 2. The van der Waals surface area contributed by atoms with Crippen molar-refractivity contribution in [2.45, 2.75) is 94.9 Å². The fourth-order valence-electron chi connectivity index (χ4n) is 6.73. The van der Waals surface area contributed by atoms with Crippen molar-refractivity contribution in [3.05, 3.63) is 53.6 Å². The Hall–Kier alpha value is -2.79. The number of esters is 1. The van der Waals surface area contributed by atoms with Crippen LogP contribution in [-0.4, -0.2) is 91.7 Å². The molecule has 15 heteroatoms. The van der Waals surface area contributed by atoms with E-state index in [0.717, 1.165) is 36.2 Å². The average Bonchev–Trinajstić information content (AvgIpc) is 3.41. The fraction of sp³-hybridized carbons (Fsp3) is 0.600. The van der Waals surface area contributed by atoms with Crippen molar-refractivity contribution in [2.24, 2.45) is 17.8 Å². The van der Waals surface area contributed by atoms with Gasteiger partial charge in [0, 0.05) is 43.2 Å². The number of hydrogen-bond acceptors (Lipinski definition) is 11. The number of carbonyl (C=O) groups excluding carboxylic acids is 1. The number of aliphatic hydroxyl groups excluding tert-OH is 1. The molecule has 3 aliphatic rings. The number of sulfonamides is 1. The topological polar surface area (TPSA) is 139 Å². The van der Waals surface area contributed by atoms with Gasteiger partial charge in [0.25, 0.3) is 0 Å². The van der Waals surface area contributed by atoms with Crippen LogP contribution < -0.4 is 10.6 Å². The molecule has 0 bridgehead atoms. The van der Waals surface area contributed by atoms with E-state index >= 15 is 0 Å². The molecular formula is C35H46F2N4O7S2. The quantitative estimate of drug-likeness (QED) is 0.178. The summed E-state index contributed by atoms with van der Waals surface area (Å²) in [5.74, 6) is -3.50. The molecule has 11 nitrogen and oxygen atoms in total. The van der Waals surface area contributed by atoms with E-state index in [4.69, 9.17) is 14.2 Å². The fourth-order valence-corrected chi connectivity index (χ4v) is 9.43. The molecule has 3 heterocycles. The Morgan fingerprint density at radius 3 is 2.48 bits per heavy atom. The van der Waals surface area contributed by atoms with E-state index in [-0.39, 0.29) is 66.9 Å². The number of thiazole rings is 1. The lowest BCUT2D eigenvalue weighted by Gasteiger charge is -2.30. The number of carbonyl (C=O) groups is 1. The summed E-state index contributed by atoms with van der Waals surface area (Å²) < 4.78 is 76.0. The summed E-state index contributed by atoms with van der Waals surface area (Å²) in [6.07, 6.45) is -0.767. The maximum absolute atomic E-state index is 14.2. The van der Waals surface area contributed by atoms with Gasteiger partial charge in [-0.2, -0.15) is 4.31 Å². The van der Waals surface area contributed by atoms with Crippen molar-refractivity contribution in [1.82, 2.24) is 14.6 Å². The number of ether oxygens (including phenoxy) is 3. The first-order valence-electron chi connectivity index (χ1n) is 17.2. The number of nitrogens with zero attached hydrogens (tertiary/aromatic N) is 2. The molecule has 6 atom stereocenters. The van der Waals surface area contributed by atoms with Crippen LogP contribution >= 0.6 is 11.3 Å². The number of aromatic nitrogens is 1. The number of aliphatic hydroxyl groups is 1. The summed E-state index contributed by atoms with van der Waals surface area (Å²) in [5, 5.41) is 19.2. The molecule has 2 aliphatic heterocycles. The monoisotopic (exact) mass is 736 g/mol. The van der Waals surface area contributed by atoms with Gasteiger partial charge in [0.05, 0.1) is 46.8 Å². The Labute approximate surface area is 295 Å². The molecule has 3 aromatic rings. The number of rotatable bonds is 16.